The van der Waals surface area contributed by atoms with Gasteiger partial charge in [-0.1, -0.05) is 18.2 Å². The number of alkyl halides is 3. The van der Waals surface area contributed by atoms with Crippen molar-refractivity contribution in [3.63, 3.8) is 0 Å². The second-order valence-corrected chi connectivity index (χ2v) is 6.14. The first kappa shape index (κ1) is 18.1. The van der Waals surface area contributed by atoms with E-state index in [0.29, 0.717) is 33.3 Å². The van der Waals surface area contributed by atoms with E-state index in [1.165, 1.54) is 12.1 Å². The van der Waals surface area contributed by atoms with E-state index < -0.39 is 17.7 Å². The summed E-state index contributed by atoms with van der Waals surface area (Å²) in [4.78, 5) is 0.366. The average Bonchev–Trinajstić information content (AvgIpc) is 2.52. The number of benzene rings is 2. The lowest BCUT2D eigenvalue weighted by Crippen LogP contribution is -2.11. The number of halogens is 4. The van der Waals surface area contributed by atoms with Gasteiger partial charge in [-0.3, -0.25) is 0 Å². The molecule has 0 atom stereocenters. The van der Waals surface area contributed by atoms with Gasteiger partial charge in [0.25, 0.3) is 0 Å². The van der Waals surface area contributed by atoms with Gasteiger partial charge in [-0.15, -0.1) is 11.8 Å². The van der Waals surface area contributed by atoms with Crippen molar-refractivity contribution in [3.8, 4) is 6.07 Å². The van der Waals surface area contributed by atoms with Gasteiger partial charge in [0.1, 0.15) is 5.82 Å². The summed E-state index contributed by atoms with van der Waals surface area (Å²) in [6.07, 6.45) is -4.29. The van der Waals surface area contributed by atoms with Gasteiger partial charge in [0.15, 0.2) is 0 Å². The number of rotatable bonds is 5. The molecule has 0 aliphatic heterocycles. The number of nitrogens with zero attached hydrogens (tertiary/aromatic N) is 1. The van der Waals surface area contributed by atoms with Gasteiger partial charge in [0, 0.05) is 11.4 Å². The molecule has 0 saturated heterocycles. The third-order valence-corrected chi connectivity index (χ3v) is 4.49. The molecule has 2 aromatic carbocycles. The van der Waals surface area contributed by atoms with Crippen LogP contribution in [0.2, 0.25) is 0 Å². The summed E-state index contributed by atoms with van der Waals surface area (Å²) in [6, 6.07) is 11.5. The maximum Gasteiger partial charge on any atom is 0.398 e. The SMILES string of the molecule is Cc1cc(F)c(NCc2ccccc2C#N)cc1SCC(F)(F)F. The van der Waals surface area contributed by atoms with Gasteiger partial charge in [0.05, 0.1) is 23.1 Å². The molecule has 0 spiro atoms. The van der Waals surface area contributed by atoms with Gasteiger partial charge >= 0.3 is 6.18 Å². The van der Waals surface area contributed by atoms with Crippen LogP contribution in [-0.4, -0.2) is 11.9 Å². The van der Waals surface area contributed by atoms with Crippen molar-refractivity contribution in [3.05, 3.63) is 58.9 Å². The first-order valence-corrected chi connectivity index (χ1v) is 8.00. The number of nitrogens with one attached hydrogen (secondary N) is 1. The summed E-state index contributed by atoms with van der Waals surface area (Å²) < 4.78 is 51.1. The van der Waals surface area contributed by atoms with Gasteiger partial charge in [0.2, 0.25) is 0 Å². The van der Waals surface area contributed by atoms with Crippen LogP contribution in [0.15, 0.2) is 41.3 Å². The summed E-state index contributed by atoms with van der Waals surface area (Å²) in [5.74, 6) is -1.57. The minimum Gasteiger partial charge on any atom is -0.379 e. The Kier molecular flexibility index (Phi) is 5.73. The van der Waals surface area contributed by atoms with Crippen molar-refractivity contribution < 1.29 is 17.6 Å². The third kappa shape index (κ3) is 4.90. The predicted octanol–water partition coefficient (Wildman–Crippen LogP) is 5.27. The molecule has 0 bridgehead atoms. The maximum atomic E-state index is 14.0. The molecule has 2 aromatic rings. The Hall–Kier alpha value is -2.20. The number of aryl methyl sites for hydroxylation is 1. The van der Waals surface area contributed by atoms with Crippen molar-refractivity contribution in [2.45, 2.75) is 24.5 Å². The largest absolute Gasteiger partial charge is 0.398 e. The fraction of sp³-hybridized carbons (Fsp3) is 0.235. The summed E-state index contributed by atoms with van der Waals surface area (Å²) in [5, 5.41) is 11.9. The van der Waals surface area contributed by atoms with E-state index in [0.717, 1.165) is 0 Å². The van der Waals surface area contributed by atoms with Crippen LogP contribution < -0.4 is 5.32 Å². The Morgan fingerprint density at radius 3 is 2.58 bits per heavy atom. The Balaban J connectivity index is 2.16. The first-order valence-electron chi connectivity index (χ1n) is 7.02. The minimum atomic E-state index is -4.29. The molecule has 0 unspecified atom stereocenters. The Morgan fingerprint density at radius 2 is 1.92 bits per heavy atom. The highest BCUT2D eigenvalue weighted by molar-refractivity contribution is 7.99. The quantitative estimate of drug-likeness (QED) is 0.587. The van der Waals surface area contributed by atoms with Crippen LogP contribution in [0.1, 0.15) is 16.7 Å². The lowest BCUT2D eigenvalue weighted by molar-refractivity contribution is -0.105. The molecule has 0 saturated carbocycles. The summed E-state index contributed by atoms with van der Waals surface area (Å²) >= 11 is 0.622. The van der Waals surface area contributed by atoms with Crippen molar-refractivity contribution in [2.75, 3.05) is 11.1 Å². The van der Waals surface area contributed by atoms with E-state index in [1.54, 1.807) is 31.2 Å². The number of hydrogen-bond acceptors (Lipinski definition) is 3. The van der Waals surface area contributed by atoms with Crippen molar-refractivity contribution in [1.29, 1.82) is 5.26 Å². The third-order valence-electron chi connectivity index (χ3n) is 3.26. The van der Waals surface area contributed by atoms with Crippen LogP contribution in [-0.2, 0) is 6.54 Å². The van der Waals surface area contributed by atoms with E-state index in [9.17, 15) is 17.6 Å². The zero-order valence-electron chi connectivity index (χ0n) is 12.7. The molecule has 0 aliphatic carbocycles. The molecule has 2 nitrogen and oxygen atoms in total. The van der Waals surface area contributed by atoms with Gasteiger partial charge < -0.3 is 5.32 Å². The Labute approximate surface area is 141 Å². The zero-order valence-corrected chi connectivity index (χ0v) is 13.6. The Morgan fingerprint density at radius 1 is 1.21 bits per heavy atom. The van der Waals surface area contributed by atoms with Crippen molar-refractivity contribution >= 4 is 17.4 Å². The average molecular weight is 354 g/mol. The maximum absolute atomic E-state index is 14.0. The molecule has 2 rings (SSSR count). The standard InChI is InChI=1S/C17H14F4N2S/c1-11-6-14(18)15(7-16(11)24-10-17(19,20)21)23-9-13-5-3-2-4-12(13)8-22/h2-7,23H,9-10H2,1H3. The van der Waals surface area contributed by atoms with Gasteiger partial charge in [-0.2, -0.15) is 18.4 Å². The zero-order chi connectivity index (χ0) is 17.7. The van der Waals surface area contributed by atoms with E-state index >= 15 is 0 Å². The molecule has 0 radical (unpaired) electrons. The van der Waals surface area contributed by atoms with Gasteiger partial charge in [-0.25, -0.2) is 4.39 Å². The first-order chi connectivity index (χ1) is 11.3. The molecule has 0 heterocycles. The van der Waals surface area contributed by atoms with E-state index in [4.69, 9.17) is 5.26 Å². The molecule has 0 amide bonds. The van der Waals surface area contributed by atoms with Crippen LogP contribution in [0.25, 0.3) is 0 Å². The second-order valence-electron chi connectivity index (χ2n) is 5.12. The molecular formula is C17H14F4N2S. The minimum absolute atomic E-state index is 0.109. The molecule has 0 aliphatic rings. The second kappa shape index (κ2) is 7.58. The fourth-order valence-corrected chi connectivity index (χ4v) is 2.88. The smallest absolute Gasteiger partial charge is 0.379 e. The lowest BCUT2D eigenvalue weighted by atomic mass is 10.1. The van der Waals surface area contributed by atoms with E-state index in [1.807, 2.05) is 6.07 Å². The summed E-state index contributed by atoms with van der Waals surface area (Å²) in [5.41, 5.74) is 1.71. The highest BCUT2D eigenvalue weighted by Gasteiger charge is 2.27. The van der Waals surface area contributed by atoms with Crippen LogP contribution in [0.3, 0.4) is 0 Å². The number of nitriles is 1. The molecular weight excluding hydrogens is 340 g/mol. The van der Waals surface area contributed by atoms with Gasteiger partial charge in [-0.05, 0) is 36.2 Å². The molecule has 7 heteroatoms. The van der Waals surface area contributed by atoms with E-state index in [-0.39, 0.29) is 12.2 Å². The predicted molar refractivity (Wildman–Crippen MR) is 86.4 cm³/mol. The normalized spacial score (nSPS) is 11.2. The van der Waals surface area contributed by atoms with Crippen LogP contribution in [0.4, 0.5) is 23.2 Å². The molecule has 0 fully saturated rings. The highest BCUT2D eigenvalue weighted by atomic mass is 32.2. The van der Waals surface area contributed by atoms with Crippen molar-refractivity contribution in [2.24, 2.45) is 0 Å². The lowest BCUT2D eigenvalue weighted by Gasteiger charge is -2.13. The molecule has 24 heavy (non-hydrogen) atoms. The molecule has 1 N–H and O–H groups in total. The van der Waals surface area contributed by atoms with Crippen molar-refractivity contribution in [1.82, 2.24) is 0 Å². The summed E-state index contributed by atoms with van der Waals surface area (Å²) in [7, 11) is 0. The number of anilines is 1. The number of thioether (sulfide) groups is 1. The van der Waals surface area contributed by atoms with E-state index in [2.05, 4.69) is 5.32 Å². The van der Waals surface area contributed by atoms with Crippen LogP contribution >= 0.6 is 11.8 Å². The van der Waals surface area contributed by atoms with Crippen LogP contribution in [0.5, 0.6) is 0 Å². The fourth-order valence-electron chi connectivity index (χ4n) is 2.08. The van der Waals surface area contributed by atoms with Crippen LogP contribution in [0, 0.1) is 24.1 Å². The topological polar surface area (TPSA) is 35.8 Å². The number of hydrogen-bond donors (Lipinski definition) is 1. The Bertz CT molecular complexity index is 766. The monoisotopic (exact) mass is 354 g/mol. The highest BCUT2D eigenvalue weighted by Crippen LogP contribution is 2.32. The molecule has 0 aromatic heterocycles. The summed E-state index contributed by atoms with van der Waals surface area (Å²) in [6.45, 7) is 1.77. The molecule has 126 valence electrons.